The Labute approximate surface area is 102 Å². The molecule has 3 heteroatoms. The third-order valence-corrected chi connectivity index (χ3v) is 4.19. The first kappa shape index (κ1) is 12.0. The van der Waals surface area contributed by atoms with Gasteiger partial charge in [-0.15, -0.1) is 11.8 Å². The van der Waals surface area contributed by atoms with Crippen LogP contribution >= 0.6 is 11.8 Å². The Hall–Kier alpha value is -0.510. The molecule has 2 N–H and O–H groups in total. The van der Waals surface area contributed by atoms with E-state index >= 15 is 0 Å². The van der Waals surface area contributed by atoms with E-state index in [0.29, 0.717) is 6.54 Å². The first-order chi connectivity index (χ1) is 7.88. The van der Waals surface area contributed by atoms with Crippen LogP contribution in [-0.2, 0) is 11.3 Å². The van der Waals surface area contributed by atoms with Gasteiger partial charge in [0, 0.05) is 30.4 Å². The van der Waals surface area contributed by atoms with Crippen LogP contribution in [0.15, 0.2) is 29.2 Å². The molecule has 2 nitrogen and oxygen atoms in total. The molecular weight excluding hydrogens is 218 g/mol. The number of nitrogens with two attached hydrogens (primary N) is 1. The summed E-state index contributed by atoms with van der Waals surface area (Å²) < 4.78 is 5.36. The average molecular weight is 237 g/mol. The largest absolute Gasteiger partial charge is 0.381 e. The van der Waals surface area contributed by atoms with Crippen molar-refractivity contribution in [1.82, 2.24) is 0 Å². The van der Waals surface area contributed by atoms with Crippen LogP contribution in [0.3, 0.4) is 0 Å². The first-order valence-corrected chi connectivity index (χ1v) is 6.86. The predicted octanol–water partition coefficient (Wildman–Crippen LogP) is 2.66. The van der Waals surface area contributed by atoms with Crippen LogP contribution in [0.2, 0.25) is 0 Å². The van der Waals surface area contributed by atoms with Crippen LogP contribution in [0.4, 0.5) is 0 Å². The summed E-state index contributed by atoms with van der Waals surface area (Å²) in [6.07, 6.45) is 2.42. The Bertz CT molecular complexity index is 323. The number of thioether (sulfide) groups is 1. The minimum atomic E-state index is 0.631. The standard InChI is InChI=1S/C13H19NOS/c14-9-12-2-1-3-13(8-12)16-10-11-4-6-15-7-5-11/h1-3,8,11H,4-7,9-10,14H2. The lowest BCUT2D eigenvalue weighted by Gasteiger charge is -2.21. The lowest BCUT2D eigenvalue weighted by atomic mass is 10.0. The summed E-state index contributed by atoms with van der Waals surface area (Å²) in [6, 6.07) is 8.54. The zero-order chi connectivity index (χ0) is 11.2. The van der Waals surface area contributed by atoms with Crippen molar-refractivity contribution < 1.29 is 4.74 Å². The summed E-state index contributed by atoms with van der Waals surface area (Å²) >= 11 is 1.95. The van der Waals surface area contributed by atoms with E-state index in [2.05, 4.69) is 24.3 Å². The molecule has 0 aromatic heterocycles. The van der Waals surface area contributed by atoms with E-state index in [-0.39, 0.29) is 0 Å². The molecule has 1 aromatic carbocycles. The Morgan fingerprint density at radius 1 is 1.31 bits per heavy atom. The average Bonchev–Trinajstić information content (AvgIpc) is 2.38. The summed E-state index contributed by atoms with van der Waals surface area (Å²) in [7, 11) is 0. The molecule has 1 aromatic rings. The highest BCUT2D eigenvalue weighted by atomic mass is 32.2. The zero-order valence-corrected chi connectivity index (χ0v) is 10.3. The number of hydrogen-bond acceptors (Lipinski definition) is 3. The van der Waals surface area contributed by atoms with Crippen LogP contribution in [0, 0.1) is 5.92 Å². The van der Waals surface area contributed by atoms with Crippen LogP contribution in [0.1, 0.15) is 18.4 Å². The van der Waals surface area contributed by atoms with Gasteiger partial charge in [0.05, 0.1) is 0 Å². The zero-order valence-electron chi connectivity index (χ0n) is 9.52. The van der Waals surface area contributed by atoms with Gasteiger partial charge in [0.1, 0.15) is 0 Å². The molecule has 88 valence electrons. The highest BCUT2D eigenvalue weighted by molar-refractivity contribution is 7.99. The van der Waals surface area contributed by atoms with Gasteiger partial charge in [-0.3, -0.25) is 0 Å². The highest BCUT2D eigenvalue weighted by Gasteiger charge is 2.13. The number of hydrogen-bond donors (Lipinski definition) is 1. The Balaban J connectivity index is 1.83. The number of ether oxygens (including phenoxy) is 1. The second-order valence-electron chi connectivity index (χ2n) is 4.22. The summed E-state index contributed by atoms with van der Waals surface area (Å²) in [4.78, 5) is 1.34. The maximum atomic E-state index is 5.63. The topological polar surface area (TPSA) is 35.2 Å². The maximum Gasteiger partial charge on any atom is 0.0468 e. The first-order valence-electron chi connectivity index (χ1n) is 5.88. The van der Waals surface area contributed by atoms with Crippen LogP contribution in [-0.4, -0.2) is 19.0 Å². The van der Waals surface area contributed by atoms with E-state index in [1.54, 1.807) is 0 Å². The fourth-order valence-electron chi connectivity index (χ4n) is 1.89. The molecule has 1 heterocycles. The summed E-state index contributed by atoms with van der Waals surface area (Å²) in [5.41, 5.74) is 6.85. The van der Waals surface area contributed by atoms with Crippen molar-refractivity contribution >= 4 is 11.8 Å². The Morgan fingerprint density at radius 3 is 2.88 bits per heavy atom. The molecule has 0 radical (unpaired) electrons. The molecule has 16 heavy (non-hydrogen) atoms. The van der Waals surface area contributed by atoms with Crippen molar-refractivity contribution in [3.05, 3.63) is 29.8 Å². The van der Waals surface area contributed by atoms with E-state index in [1.807, 2.05) is 11.8 Å². The van der Waals surface area contributed by atoms with Gasteiger partial charge in [0.2, 0.25) is 0 Å². The van der Waals surface area contributed by atoms with E-state index < -0.39 is 0 Å². The van der Waals surface area contributed by atoms with Crippen LogP contribution < -0.4 is 5.73 Å². The normalized spacial score (nSPS) is 17.6. The Kier molecular flexibility index (Phi) is 4.69. The second kappa shape index (κ2) is 6.28. The fourth-order valence-corrected chi connectivity index (χ4v) is 3.06. The molecule has 0 saturated carbocycles. The van der Waals surface area contributed by atoms with Crippen LogP contribution in [0.25, 0.3) is 0 Å². The van der Waals surface area contributed by atoms with E-state index in [4.69, 9.17) is 10.5 Å². The molecule has 0 spiro atoms. The molecule has 1 saturated heterocycles. The lowest BCUT2D eigenvalue weighted by Crippen LogP contribution is -2.17. The van der Waals surface area contributed by atoms with Crippen molar-refractivity contribution in [2.24, 2.45) is 11.7 Å². The Morgan fingerprint density at radius 2 is 2.12 bits per heavy atom. The van der Waals surface area contributed by atoms with Crippen molar-refractivity contribution in [2.75, 3.05) is 19.0 Å². The smallest absolute Gasteiger partial charge is 0.0468 e. The molecule has 1 fully saturated rings. The second-order valence-corrected chi connectivity index (χ2v) is 5.31. The molecule has 0 aliphatic carbocycles. The monoisotopic (exact) mass is 237 g/mol. The fraction of sp³-hybridized carbons (Fsp3) is 0.538. The lowest BCUT2D eigenvalue weighted by molar-refractivity contribution is 0.0728. The summed E-state index contributed by atoms with van der Waals surface area (Å²) in [5, 5.41) is 0. The van der Waals surface area contributed by atoms with Gasteiger partial charge >= 0.3 is 0 Å². The van der Waals surface area contributed by atoms with Crippen LogP contribution in [0.5, 0.6) is 0 Å². The molecular formula is C13H19NOS. The van der Waals surface area contributed by atoms with E-state index in [1.165, 1.54) is 29.1 Å². The summed E-state index contributed by atoms with van der Waals surface area (Å²) in [5.74, 6) is 2.03. The molecule has 0 unspecified atom stereocenters. The predicted molar refractivity (Wildman–Crippen MR) is 68.6 cm³/mol. The van der Waals surface area contributed by atoms with Gasteiger partial charge in [-0.2, -0.15) is 0 Å². The van der Waals surface area contributed by atoms with E-state index in [0.717, 1.165) is 19.1 Å². The number of rotatable bonds is 4. The quantitative estimate of drug-likeness (QED) is 0.818. The molecule has 1 aliphatic rings. The molecule has 0 amide bonds. The third-order valence-electron chi connectivity index (χ3n) is 2.96. The van der Waals surface area contributed by atoms with Crippen molar-refractivity contribution in [3.63, 3.8) is 0 Å². The van der Waals surface area contributed by atoms with Gasteiger partial charge in [-0.1, -0.05) is 12.1 Å². The highest BCUT2D eigenvalue weighted by Crippen LogP contribution is 2.26. The van der Waals surface area contributed by atoms with E-state index in [9.17, 15) is 0 Å². The number of benzene rings is 1. The molecule has 0 atom stereocenters. The minimum Gasteiger partial charge on any atom is -0.381 e. The minimum absolute atomic E-state index is 0.631. The molecule has 1 aliphatic heterocycles. The molecule has 2 rings (SSSR count). The van der Waals surface area contributed by atoms with Gasteiger partial charge in [0.15, 0.2) is 0 Å². The summed E-state index contributed by atoms with van der Waals surface area (Å²) in [6.45, 7) is 2.51. The molecule has 0 bridgehead atoms. The maximum absolute atomic E-state index is 5.63. The van der Waals surface area contributed by atoms with Crippen molar-refractivity contribution in [2.45, 2.75) is 24.3 Å². The van der Waals surface area contributed by atoms with Crippen molar-refractivity contribution in [1.29, 1.82) is 0 Å². The van der Waals surface area contributed by atoms with Gasteiger partial charge in [-0.25, -0.2) is 0 Å². The van der Waals surface area contributed by atoms with Gasteiger partial charge in [0.25, 0.3) is 0 Å². The SMILES string of the molecule is NCc1cccc(SCC2CCOCC2)c1. The van der Waals surface area contributed by atoms with Gasteiger partial charge < -0.3 is 10.5 Å². The third kappa shape index (κ3) is 3.51. The van der Waals surface area contributed by atoms with Gasteiger partial charge in [-0.05, 0) is 36.5 Å². The van der Waals surface area contributed by atoms with Crippen molar-refractivity contribution in [3.8, 4) is 0 Å².